The van der Waals surface area contributed by atoms with E-state index < -0.39 is 10.0 Å². The maximum absolute atomic E-state index is 12.4. The number of hydrogen-bond acceptors (Lipinski definition) is 4. The lowest BCUT2D eigenvalue weighted by atomic mass is 10.1. The van der Waals surface area contributed by atoms with Crippen molar-refractivity contribution >= 4 is 15.9 Å². The first-order valence-electron chi connectivity index (χ1n) is 8.36. The Hall–Kier alpha value is -2.66. The number of rotatable bonds is 8. The number of benzene rings is 2. The number of nitrogens with one attached hydrogen (secondary N) is 2. The van der Waals surface area contributed by atoms with Gasteiger partial charge in [0.1, 0.15) is 0 Å². The monoisotopic (exact) mass is 385 g/mol. The molecule has 27 heavy (non-hydrogen) atoms. The third-order valence-corrected chi connectivity index (χ3v) is 5.14. The molecule has 0 aliphatic heterocycles. The van der Waals surface area contributed by atoms with Crippen LogP contribution < -0.4 is 10.0 Å². The molecule has 7 heteroatoms. The molecule has 0 unspecified atom stereocenters. The molecule has 0 aromatic heterocycles. The van der Waals surface area contributed by atoms with Crippen molar-refractivity contribution in [3.05, 3.63) is 65.2 Å². The van der Waals surface area contributed by atoms with Gasteiger partial charge in [0.2, 0.25) is 10.0 Å². The van der Waals surface area contributed by atoms with E-state index in [2.05, 4.69) is 20.9 Å². The molecule has 0 fully saturated rings. The molecule has 2 N–H and O–H groups in total. The van der Waals surface area contributed by atoms with Gasteiger partial charge in [0.05, 0.1) is 11.4 Å². The van der Waals surface area contributed by atoms with Gasteiger partial charge in [-0.1, -0.05) is 36.3 Å². The molecule has 0 spiro atoms. The summed E-state index contributed by atoms with van der Waals surface area (Å²) in [5.74, 6) is 1.87. The first kappa shape index (κ1) is 20.6. The summed E-state index contributed by atoms with van der Waals surface area (Å²) in [6.07, 6.45) is 5.08. The Morgan fingerprint density at radius 2 is 1.78 bits per heavy atom. The van der Waals surface area contributed by atoms with Crippen LogP contribution in [0.3, 0.4) is 0 Å². The van der Waals surface area contributed by atoms with Gasteiger partial charge in [-0.15, -0.1) is 6.42 Å². The number of terminal acetylenes is 1. The van der Waals surface area contributed by atoms with Gasteiger partial charge in [0.15, 0.2) is 0 Å². The summed E-state index contributed by atoms with van der Waals surface area (Å²) in [6.45, 7) is 1.09. The zero-order valence-corrected chi connectivity index (χ0v) is 16.2. The number of sulfonamides is 1. The fourth-order valence-electron chi connectivity index (χ4n) is 2.44. The number of carbonyl (C=O) groups is 1. The van der Waals surface area contributed by atoms with E-state index in [1.807, 2.05) is 38.4 Å². The third kappa shape index (κ3) is 6.22. The Balaban J connectivity index is 2.02. The van der Waals surface area contributed by atoms with E-state index in [1.54, 1.807) is 6.07 Å². The van der Waals surface area contributed by atoms with Gasteiger partial charge in [-0.25, -0.2) is 8.42 Å². The number of nitrogens with zero attached hydrogens (tertiary/aromatic N) is 1. The third-order valence-electron chi connectivity index (χ3n) is 3.75. The van der Waals surface area contributed by atoms with Crippen molar-refractivity contribution in [1.82, 2.24) is 14.9 Å². The highest BCUT2D eigenvalue weighted by Gasteiger charge is 2.15. The van der Waals surface area contributed by atoms with Gasteiger partial charge < -0.3 is 10.2 Å². The predicted octanol–water partition coefficient (Wildman–Crippen LogP) is 1.59. The van der Waals surface area contributed by atoms with E-state index in [1.165, 1.54) is 23.8 Å². The number of carbonyl (C=O) groups excluding carboxylic acids is 1. The van der Waals surface area contributed by atoms with Crippen LogP contribution in [0.1, 0.15) is 21.5 Å². The van der Waals surface area contributed by atoms with E-state index in [9.17, 15) is 13.2 Å². The average Bonchev–Trinajstić information content (AvgIpc) is 2.65. The lowest BCUT2D eigenvalue weighted by Crippen LogP contribution is -2.25. The summed E-state index contributed by atoms with van der Waals surface area (Å²) in [5, 5.41) is 2.80. The van der Waals surface area contributed by atoms with Crippen LogP contribution in [0.4, 0.5) is 0 Å². The van der Waals surface area contributed by atoms with Crippen molar-refractivity contribution in [2.45, 2.75) is 18.0 Å². The number of hydrogen-bond donors (Lipinski definition) is 2. The lowest BCUT2D eigenvalue weighted by Gasteiger charge is -2.11. The Labute approximate surface area is 160 Å². The summed E-state index contributed by atoms with van der Waals surface area (Å²) in [4.78, 5) is 14.4. The number of amides is 1. The molecule has 0 heterocycles. The van der Waals surface area contributed by atoms with Gasteiger partial charge in [-0.2, -0.15) is 4.72 Å². The quantitative estimate of drug-likeness (QED) is 0.677. The van der Waals surface area contributed by atoms with Gasteiger partial charge in [-0.3, -0.25) is 4.79 Å². The molecule has 142 valence electrons. The predicted molar refractivity (Wildman–Crippen MR) is 105 cm³/mol. The summed E-state index contributed by atoms with van der Waals surface area (Å²) in [6, 6.07) is 13.8. The molecule has 0 atom stereocenters. The van der Waals surface area contributed by atoms with Crippen LogP contribution in [0.5, 0.6) is 0 Å². The fraction of sp³-hybridized carbons (Fsp3) is 0.250. The Kier molecular flexibility index (Phi) is 7.13. The van der Waals surface area contributed by atoms with E-state index in [-0.39, 0.29) is 22.9 Å². The second kappa shape index (κ2) is 9.33. The lowest BCUT2D eigenvalue weighted by molar-refractivity contribution is 0.0950. The van der Waals surface area contributed by atoms with Crippen LogP contribution in [0.15, 0.2) is 53.4 Å². The molecule has 0 radical (unpaired) electrons. The first-order chi connectivity index (χ1) is 12.8. The Bertz CT molecular complexity index is 930. The minimum Gasteiger partial charge on any atom is -0.348 e. The highest BCUT2D eigenvalue weighted by Crippen LogP contribution is 2.12. The van der Waals surface area contributed by atoms with Crippen LogP contribution >= 0.6 is 0 Å². The van der Waals surface area contributed by atoms with E-state index in [0.717, 1.165) is 12.1 Å². The van der Waals surface area contributed by atoms with Crippen molar-refractivity contribution < 1.29 is 13.2 Å². The zero-order chi connectivity index (χ0) is 19.9. The van der Waals surface area contributed by atoms with E-state index in [0.29, 0.717) is 6.54 Å². The fourth-order valence-corrected chi connectivity index (χ4v) is 3.42. The Morgan fingerprint density at radius 3 is 2.41 bits per heavy atom. The molecule has 0 aliphatic carbocycles. The highest BCUT2D eigenvalue weighted by atomic mass is 32.2. The average molecular weight is 385 g/mol. The summed E-state index contributed by atoms with van der Waals surface area (Å²) >= 11 is 0. The van der Waals surface area contributed by atoms with Crippen LogP contribution in [-0.2, 0) is 23.1 Å². The van der Waals surface area contributed by atoms with Crippen molar-refractivity contribution in [2.24, 2.45) is 0 Å². The van der Waals surface area contributed by atoms with Crippen LogP contribution in [0, 0.1) is 12.3 Å². The van der Waals surface area contributed by atoms with Crippen LogP contribution in [0.2, 0.25) is 0 Å². The van der Waals surface area contributed by atoms with Crippen molar-refractivity contribution in [1.29, 1.82) is 0 Å². The normalized spacial score (nSPS) is 11.2. The molecule has 2 rings (SSSR count). The Morgan fingerprint density at radius 1 is 1.11 bits per heavy atom. The smallest absolute Gasteiger partial charge is 0.251 e. The standard InChI is InChI=1S/C20H23N3O3S/c1-4-12-22-27(25,26)19-7-5-6-18(13-19)20(24)21-14-16-8-10-17(11-9-16)15-23(2)3/h1,5-11,13,22H,12,14-15H2,2-3H3,(H,21,24). The molecule has 6 nitrogen and oxygen atoms in total. The van der Waals surface area contributed by atoms with Crippen molar-refractivity contribution in [2.75, 3.05) is 20.6 Å². The highest BCUT2D eigenvalue weighted by molar-refractivity contribution is 7.89. The van der Waals surface area contributed by atoms with Crippen LogP contribution in [-0.4, -0.2) is 39.9 Å². The SMILES string of the molecule is C#CCNS(=O)(=O)c1cccc(C(=O)NCc2ccc(CN(C)C)cc2)c1. The van der Waals surface area contributed by atoms with E-state index >= 15 is 0 Å². The first-order valence-corrected chi connectivity index (χ1v) is 9.84. The summed E-state index contributed by atoms with van der Waals surface area (Å²) in [7, 11) is 0.272. The molecule has 0 aliphatic rings. The van der Waals surface area contributed by atoms with E-state index in [4.69, 9.17) is 6.42 Å². The van der Waals surface area contributed by atoms with Gasteiger partial charge >= 0.3 is 0 Å². The molecule has 0 saturated heterocycles. The maximum Gasteiger partial charge on any atom is 0.251 e. The summed E-state index contributed by atoms with van der Waals surface area (Å²) < 4.78 is 26.5. The molecular weight excluding hydrogens is 362 g/mol. The summed E-state index contributed by atoms with van der Waals surface area (Å²) in [5.41, 5.74) is 2.42. The van der Waals surface area contributed by atoms with Gasteiger partial charge in [-0.05, 0) is 43.4 Å². The largest absolute Gasteiger partial charge is 0.348 e. The molecule has 2 aromatic carbocycles. The molecule has 1 amide bonds. The molecular formula is C20H23N3O3S. The minimum absolute atomic E-state index is 0.00145. The van der Waals surface area contributed by atoms with Gasteiger partial charge in [0.25, 0.3) is 5.91 Å². The van der Waals surface area contributed by atoms with Crippen LogP contribution in [0.25, 0.3) is 0 Å². The molecule has 2 aromatic rings. The molecule has 0 saturated carbocycles. The minimum atomic E-state index is -3.74. The van der Waals surface area contributed by atoms with Crippen molar-refractivity contribution in [3.63, 3.8) is 0 Å². The maximum atomic E-state index is 12.4. The van der Waals surface area contributed by atoms with Crippen molar-refractivity contribution in [3.8, 4) is 12.3 Å². The van der Waals surface area contributed by atoms with Gasteiger partial charge in [0, 0.05) is 18.7 Å². The second-order valence-electron chi connectivity index (χ2n) is 6.29. The second-order valence-corrected chi connectivity index (χ2v) is 8.06. The topological polar surface area (TPSA) is 78.5 Å². The zero-order valence-electron chi connectivity index (χ0n) is 15.4. The molecule has 0 bridgehead atoms.